The van der Waals surface area contributed by atoms with Crippen LogP contribution in [-0.4, -0.2) is 26.3 Å². The van der Waals surface area contributed by atoms with Gasteiger partial charge in [0.05, 0.1) is 19.8 Å². The van der Waals surface area contributed by atoms with Crippen molar-refractivity contribution in [2.75, 3.05) is 14.2 Å². The van der Waals surface area contributed by atoms with Gasteiger partial charge in [0.2, 0.25) is 0 Å². The lowest BCUT2D eigenvalue weighted by Crippen LogP contribution is -2.16. The summed E-state index contributed by atoms with van der Waals surface area (Å²) < 4.78 is 16.1. The summed E-state index contributed by atoms with van der Waals surface area (Å²) in [5.74, 6) is 1.01. The van der Waals surface area contributed by atoms with Crippen molar-refractivity contribution >= 4 is 23.1 Å². The molecule has 2 aromatic rings. The standard InChI is InChI=1S/C19H17ClO4/c1-11-8-14(16-10-13(20)5-7-17(16)22-2)15-9-12(19(21)23-3)4-6-18(15)24-11/h4-11H,1-3H3. The number of ether oxygens (including phenoxy) is 3. The summed E-state index contributed by atoms with van der Waals surface area (Å²) in [5, 5.41) is 0.608. The van der Waals surface area contributed by atoms with Gasteiger partial charge in [0.1, 0.15) is 17.6 Å². The van der Waals surface area contributed by atoms with Crippen LogP contribution in [0.4, 0.5) is 0 Å². The Hall–Kier alpha value is -2.46. The minimum atomic E-state index is -0.395. The number of carbonyl (C=O) groups is 1. The molecule has 0 saturated carbocycles. The van der Waals surface area contributed by atoms with Crippen LogP contribution in [0.5, 0.6) is 11.5 Å². The number of fused-ring (bicyclic) bond motifs is 1. The zero-order valence-electron chi connectivity index (χ0n) is 13.6. The number of benzene rings is 2. The minimum Gasteiger partial charge on any atom is -0.496 e. The largest absolute Gasteiger partial charge is 0.496 e. The van der Waals surface area contributed by atoms with Crippen LogP contribution < -0.4 is 9.47 Å². The molecule has 0 fully saturated rings. The van der Waals surface area contributed by atoms with E-state index >= 15 is 0 Å². The molecule has 3 rings (SSSR count). The third-order valence-corrected chi connectivity index (χ3v) is 4.09. The lowest BCUT2D eigenvalue weighted by atomic mass is 9.92. The highest BCUT2D eigenvalue weighted by Gasteiger charge is 2.23. The molecule has 24 heavy (non-hydrogen) atoms. The highest BCUT2D eigenvalue weighted by atomic mass is 35.5. The number of halogens is 1. The van der Waals surface area contributed by atoms with Gasteiger partial charge < -0.3 is 14.2 Å². The first-order valence-corrected chi connectivity index (χ1v) is 7.86. The molecule has 2 aromatic carbocycles. The molecular formula is C19H17ClO4. The van der Waals surface area contributed by atoms with E-state index in [1.165, 1.54) is 7.11 Å². The van der Waals surface area contributed by atoms with E-state index in [9.17, 15) is 4.79 Å². The Bertz CT molecular complexity index is 826. The predicted octanol–water partition coefficient (Wildman–Crippen LogP) is 4.35. The van der Waals surface area contributed by atoms with Gasteiger partial charge in [-0.15, -0.1) is 0 Å². The normalized spacial score (nSPS) is 15.8. The van der Waals surface area contributed by atoms with Gasteiger partial charge in [-0.05, 0) is 55.0 Å². The van der Waals surface area contributed by atoms with Crippen molar-refractivity contribution < 1.29 is 19.0 Å². The van der Waals surface area contributed by atoms with E-state index in [4.69, 9.17) is 25.8 Å². The Morgan fingerprint density at radius 2 is 1.92 bits per heavy atom. The fourth-order valence-electron chi connectivity index (χ4n) is 2.77. The predicted molar refractivity (Wildman–Crippen MR) is 93.0 cm³/mol. The van der Waals surface area contributed by atoms with Crippen molar-refractivity contribution in [1.82, 2.24) is 0 Å². The third-order valence-electron chi connectivity index (χ3n) is 3.86. The molecule has 1 aliphatic rings. The summed E-state index contributed by atoms with van der Waals surface area (Å²) in [6.45, 7) is 1.95. The van der Waals surface area contributed by atoms with Crippen molar-refractivity contribution in [2.24, 2.45) is 0 Å². The molecule has 0 N–H and O–H groups in total. The van der Waals surface area contributed by atoms with Crippen molar-refractivity contribution in [3.8, 4) is 11.5 Å². The summed E-state index contributed by atoms with van der Waals surface area (Å²) in [4.78, 5) is 11.9. The first-order valence-electron chi connectivity index (χ1n) is 7.48. The Kier molecular flexibility index (Phi) is 4.49. The van der Waals surface area contributed by atoms with Crippen molar-refractivity contribution in [3.05, 3.63) is 64.2 Å². The molecule has 124 valence electrons. The summed E-state index contributed by atoms with van der Waals surface area (Å²) in [7, 11) is 2.97. The molecule has 1 atom stereocenters. The van der Waals surface area contributed by atoms with E-state index in [0.29, 0.717) is 22.1 Å². The van der Waals surface area contributed by atoms with Crippen LogP contribution in [0.25, 0.3) is 5.57 Å². The van der Waals surface area contributed by atoms with Crippen LogP contribution in [0.2, 0.25) is 5.02 Å². The lowest BCUT2D eigenvalue weighted by molar-refractivity contribution is 0.0600. The fourth-order valence-corrected chi connectivity index (χ4v) is 2.94. The maximum absolute atomic E-state index is 11.9. The molecule has 0 aliphatic carbocycles. The Morgan fingerprint density at radius 3 is 2.62 bits per heavy atom. The van der Waals surface area contributed by atoms with Crippen molar-refractivity contribution in [1.29, 1.82) is 0 Å². The van der Waals surface area contributed by atoms with E-state index in [2.05, 4.69) is 0 Å². The molecular weight excluding hydrogens is 328 g/mol. The smallest absolute Gasteiger partial charge is 0.337 e. The third kappa shape index (κ3) is 2.97. The van der Waals surface area contributed by atoms with Gasteiger partial charge in [0.15, 0.2) is 0 Å². The Labute approximate surface area is 145 Å². The SMILES string of the molecule is COC(=O)c1ccc2c(c1)C(c1cc(Cl)ccc1OC)=CC(C)O2. The van der Waals surface area contributed by atoms with Crippen LogP contribution in [0.1, 0.15) is 28.4 Å². The van der Waals surface area contributed by atoms with Crippen molar-refractivity contribution in [2.45, 2.75) is 13.0 Å². The second-order valence-electron chi connectivity index (χ2n) is 5.45. The summed E-state index contributed by atoms with van der Waals surface area (Å²) in [6.07, 6.45) is 1.87. The number of methoxy groups -OCH3 is 2. The number of carbonyl (C=O) groups excluding carboxylic acids is 1. The first kappa shape index (κ1) is 16.4. The van der Waals surface area contributed by atoms with Crippen LogP contribution in [0.15, 0.2) is 42.5 Å². The van der Waals surface area contributed by atoms with Gasteiger partial charge in [-0.25, -0.2) is 4.79 Å². The van der Waals surface area contributed by atoms with Gasteiger partial charge in [-0.1, -0.05) is 11.6 Å². The number of hydrogen-bond donors (Lipinski definition) is 0. The van der Waals surface area contributed by atoms with E-state index in [1.807, 2.05) is 25.1 Å². The quantitative estimate of drug-likeness (QED) is 0.777. The lowest BCUT2D eigenvalue weighted by Gasteiger charge is -2.25. The second kappa shape index (κ2) is 6.57. The molecule has 5 heteroatoms. The van der Waals surface area contributed by atoms with Gasteiger partial charge in [-0.2, -0.15) is 0 Å². The maximum Gasteiger partial charge on any atom is 0.337 e. The number of hydrogen-bond acceptors (Lipinski definition) is 4. The molecule has 1 aliphatic heterocycles. The molecule has 0 spiro atoms. The Morgan fingerprint density at radius 1 is 1.12 bits per heavy atom. The fraction of sp³-hybridized carbons (Fsp3) is 0.211. The highest BCUT2D eigenvalue weighted by molar-refractivity contribution is 6.30. The number of rotatable bonds is 3. The molecule has 0 amide bonds. The van der Waals surface area contributed by atoms with Gasteiger partial charge in [-0.3, -0.25) is 0 Å². The molecule has 0 bridgehead atoms. The summed E-state index contributed by atoms with van der Waals surface area (Å²) >= 11 is 6.17. The average molecular weight is 345 g/mol. The van der Waals surface area contributed by atoms with Crippen LogP contribution in [0.3, 0.4) is 0 Å². The molecule has 0 saturated heterocycles. The molecule has 4 nitrogen and oxygen atoms in total. The summed E-state index contributed by atoms with van der Waals surface area (Å²) in [5.41, 5.74) is 3.02. The van der Waals surface area contributed by atoms with Gasteiger partial charge in [0.25, 0.3) is 0 Å². The van der Waals surface area contributed by atoms with Crippen molar-refractivity contribution in [3.63, 3.8) is 0 Å². The van der Waals surface area contributed by atoms with E-state index < -0.39 is 5.97 Å². The van der Waals surface area contributed by atoms with E-state index in [-0.39, 0.29) is 6.10 Å². The highest BCUT2D eigenvalue weighted by Crippen LogP contribution is 2.40. The van der Waals surface area contributed by atoms with Gasteiger partial charge in [0, 0.05) is 16.1 Å². The maximum atomic E-state index is 11.9. The topological polar surface area (TPSA) is 44.8 Å². The summed E-state index contributed by atoms with van der Waals surface area (Å²) in [6, 6.07) is 10.7. The number of esters is 1. The monoisotopic (exact) mass is 344 g/mol. The molecule has 1 unspecified atom stereocenters. The average Bonchev–Trinajstić information content (AvgIpc) is 2.59. The van der Waals surface area contributed by atoms with Crippen LogP contribution in [0, 0.1) is 0 Å². The van der Waals surface area contributed by atoms with E-state index in [1.54, 1.807) is 31.4 Å². The molecule has 0 radical (unpaired) electrons. The Balaban J connectivity index is 2.19. The minimum absolute atomic E-state index is 0.111. The molecule has 1 heterocycles. The van der Waals surface area contributed by atoms with Gasteiger partial charge >= 0.3 is 5.97 Å². The van der Waals surface area contributed by atoms with Crippen LogP contribution in [-0.2, 0) is 4.74 Å². The zero-order valence-corrected chi connectivity index (χ0v) is 14.4. The van der Waals surface area contributed by atoms with E-state index in [0.717, 1.165) is 16.7 Å². The van der Waals surface area contributed by atoms with Crippen LogP contribution >= 0.6 is 11.6 Å². The second-order valence-corrected chi connectivity index (χ2v) is 5.89. The zero-order chi connectivity index (χ0) is 17.3. The molecule has 0 aromatic heterocycles. The first-order chi connectivity index (χ1) is 11.5.